The fourth-order valence-corrected chi connectivity index (χ4v) is 2.70. The number of nitrogens with one attached hydrogen (secondary N) is 1. The molecule has 0 bridgehead atoms. The Morgan fingerprint density at radius 3 is 2.39 bits per heavy atom. The second kappa shape index (κ2) is 4.98. The average molecular weight is 245 g/mol. The maximum atomic E-state index is 11.5. The normalized spacial score (nSPS) is 20.4. The summed E-state index contributed by atoms with van der Waals surface area (Å²) in [6, 6.07) is 8.40. The van der Waals surface area contributed by atoms with Gasteiger partial charge in [0.1, 0.15) is 0 Å². The smallest absolute Gasteiger partial charge is 0.321 e. The molecule has 2 fully saturated rings. The summed E-state index contributed by atoms with van der Waals surface area (Å²) in [5.41, 5.74) is 2.33. The number of carbonyl (C=O) groups is 1. The molecule has 0 aliphatic carbocycles. The molecule has 3 rings (SSSR count). The zero-order chi connectivity index (χ0) is 12.4. The Bertz CT molecular complexity index is 423. The van der Waals surface area contributed by atoms with Crippen molar-refractivity contribution in [2.24, 2.45) is 0 Å². The molecule has 0 radical (unpaired) electrons. The van der Waals surface area contributed by atoms with E-state index in [2.05, 4.69) is 34.5 Å². The first-order valence-corrected chi connectivity index (χ1v) is 6.69. The van der Waals surface area contributed by atoms with Gasteiger partial charge in [0.2, 0.25) is 0 Å². The molecule has 4 heteroatoms. The number of anilines is 1. The van der Waals surface area contributed by atoms with Crippen LogP contribution < -0.4 is 10.2 Å². The minimum atomic E-state index is 0.0160. The molecule has 1 N–H and O–H groups in total. The number of nitrogens with zero attached hydrogens (tertiary/aromatic N) is 2. The number of likely N-dealkylation sites (tertiary alicyclic amines) is 1. The maximum Gasteiger partial charge on any atom is 0.321 e. The Morgan fingerprint density at radius 2 is 1.78 bits per heavy atom. The highest BCUT2D eigenvalue weighted by Gasteiger charge is 2.20. The van der Waals surface area contributed by atoms with Crippen LogP contribution in [0.25, 0.3) is 0 Å². The Morgan fingerprint density at radius 1 is 1.06 bits per heavy atom. The number of rotatable bonds is 3. The maximum absolute atomic E-state index is 11.5. The molecule has 2 aliphatic rings. The predicted octanol–water partition coefficient (Wildman–Crippen LogP) is 1.81. The first kappa shape index (κ1) is 11.5. The minimum Gasteiger partial charge on any atom is -0.336 e. The van der Waals surface area contributed by atoms with Crippen LogP contribution in [0.4, 0.5) is 10.5 Å². The van der Waals surface area contributed by atoms with E-state index in [0.29, 0.717) is 0 Å². The van der Waals surface area contributed by atoms with Gasteiger partial charge in [-0.25, -0.2) is 4.79 Å². The van der Waals surface area contributed by atoms with Crippen molar-refractivity contribution in [1.82, 2.24) is 10.2 Å². The van der Waals surface area contributed by atoms with Crippen molar-refractivity contribution >= 4 is 11.7 Å². The van der Waals surface area contributed by atoms with Crippen LogP contribution in [0.15, 0.2) is 24.3 Å². The van der Waals surface area contributed by atoms with E-state index in [-0.39, 0.29) is 6.03 Å². The molecule has 0 atom stereocenters. The molecule has 2 aliphatic heterocycles. The van der Waals surface area contributed by atoms with E-state index >= 15 is 0 Å². The molecule has 0 aromatic heterocycles. The number of amides is 2. The lowest BCUT2D eigenvalue weighted by molar-refractivity contribution is 0.252. The highest BCUT2D eigenvalue weighted by Crippen LogP contribution is 2.19. The zero-order valence-electron chi connectivity index (χ0n) is 10.6. The van der Waals surface area contributed by atoms with Crippen LogP contribution in [0.1, 0.15) is 18.4 Å². The van der Waals surface area contributed by atoms with Crippen LogP contribution >= 0.6 is 0 Å². The molecule has 1 aromatic rings. The molecule has 2 amide bonds. The van der Waals surface area contributed by atoms with Gasteiger partial charge in [-0.05, 0) is 43.6 Å². The first-order valence-electron chi connectivity index (χ1n) is 6.69. The summed E-state index contributed by atoms with van der Waals surface area (Å²) < 4.78 is 0. The third-order valence-electron chi connectivity index (χ3n) is 3.71. The summed E-state index contributed by atoms with van der Waals surface area (Å²) in [5.74, 6) is 0. The first-order chi connectivity index (χ1) is 8.83. The molecule has 1 aromatic carbocycles. The molecular weight excluding hydrogens is 226 g/mol. The molecule has 0 unspecified atom stereocenters. The molecule has 96 valence electrons. The van der Waals surface area contributed by atoms with Gasteiger partial charge in [-0.3, -0.25) is 9.80 Å². The Balaban J connectivity index is 1.66. The van der Waals surface area contributed by atoms with Crippen molar-refractivity contribution in [3.63, 3.8) is 0 Å². The zero-order valence-corrected chi connectivity index (χ0v) is 10.6. The molecule has 2 heterocycles. The number of carbonyl (C=O) groups excluding carboxylic acids is 1. The van der Waals surface area contributed by atoms with Crippen molar-refractivity contribution in [3.8, 4) is 0 Å². The van der Waals surface area contributed by atoms with Crippen molar-refractivity contribution in [2.75, 3.05) is 31.1 Å². The van der Waals surface area contributed by atoms with Crippen LogP contribution in [0.5, 0.6) is 0 Å². The monoisotopic (exact) mass is 245 g/mol. The summed E-state index contributed by atoms with van der Waals surface area (Å²) in [6.45, 7) is 4.98. The quantitative estimate of drug-likeness (QED) is 0.881. The van der Waals surface area contributed by atoms with Crippen molar-refractivity contribution in [3.05, 3.63) is 29.8 Å². The van der Waals surface area contributed by atoms with Gasteiger partial charge in [0.05, 0.1) is 0 Å². The fourth-order valence-electron chi connectivity index (χ4n) is 2.70. The molecule has 0 saturated carbocycles. The second-order valence-corrected chi connectivity index (χ2v) is 5.03. The van der Waals surface area contributed by atoms with Gasteiger partial charge in [-0.2, -0.15) is 0 Å². The number of benzene rings is 1. The number of hydrogen-bond donors (Lipinski definition) is 1. The van der Waals surface area contributed by atoms with E-state index in [4.69, 9.17) is 0 Å². The lowest BCUT2D eigenvalue weighted by Crippen LogP contribution is -2.27. The van der Waals surface area contributed by atoms with Crippen molar-refractivity contribution in [1.29, 1.82) is 0 Å². The van der Waals surface area contributed by atoms with E-state index in [1.54, 1.807) is 4.90 Å². The van der Waals surface area contributed by atoms with E-state index in [0.717, 1.165) is 25.3 Å². The Hall–Kier alpha value is -1.55. The third kappa shape index (κ3) is 2.34. The largest absolute Gasteiger partial charge is 0.336 e. The van der Waals surface area contributed by atoms with Gasteiger partial charge in [0, 0.05) is 25.3 Å². The van der Waals surface area contributed by atoms with Gasteiger partial charge >= 0.3 is 6.03 Å². The molecule has 18 heavy (non-hydrogen) atoms. The van der Waals surface area contributed by atoms with Crippen LogP contribution in [-0.2, 0) is 6.54 Å². The van der Waals surface area contributed by atoms with Gasteiger partial charge in [0.25, 0.3) is 0 Å². The lowest BCUT2D eigenvalue weighted by atomic mass is 10.2. The van der Waals surface area contributed by atoms with Gasteiger partial charge in [0.15, 0.2) is 0 Å². The molecule has 4 nitrogen and oxygen atoms in total. The second-order valence-electron chi connectivity index (χ2n) is 5.03. The Kier molecular flexibility index (Phi) is 3.19. The standard InChI is InChI=1S/C14H19N3O/c18-14-15-7-10-17(14)13-5-3-12(4-6-13)11-16-8-1-2-9-16/h3-6H,1-2,7-11H2,(H,15,18). The molecular formula is C14H19N3O. The summed E-state index contributed by atoms with van der Waals surface area (Å²) in [5, 5.41) is 2.82. The lowest BCUT2D eigenvalue weighted by Gasteiger charge is -2.17. The molecule has 0 spiro atoms. The van der Waals surface area contributed by atoms with Crippen molar-refractivity contribution < 1.29 is 4.79 Å². The van der Waals surface area contributed by atoms with Gasteiger partial charge < -0.3 is 5.32 Å². The summed E-state index contributed by atoms with van der Waals surface area (Å²) >= 11 is 0. The van der Waals surface area contributed by atoms with Gasteiger partial charge in [-0.15, -0.1) is 0 Å². The fraction of sp³-hybridized carbons (Fsp3) is 0.500. The molecule has 2 saturated heterocycles. The van der Waals surface area contributed by atoms with E-state index in [1.165, 1.54) is 31.5 Å². The minimum absolute atomic E-state index is 0.0160. The number of urea groups is 1. The van der Waals surface area contributed by atoms with Crippen LogP contribution in [0.3, 0.4) is 0 Å². The third-order valence-corrected chi connectivity index (χ3v) is 3.71. The van der Waals surface area contributed by atoms with E-state index in [1.807, 2.05) is 0 Å². The highest BCUT2D eigenvalue weighted by molar-refractivity contribution is 5.93. The van der Waals surface area contributed by atoms with E-state index in [9.17, 15) is 4.79 Å². The summed E-state index contributed by atoms with van der Waals surface area (Å²) in [7, 11) is 0. The number of hydrogen-bond acceptors (Lipinski definition) is 2. The van der Waals surface area contributed by atoms with E-state index < -0.39 is 0 Å². The Labute approximate surface area is 108 Å². The van der Waals surface area contributed by atoms with Crippen molar-refractivity contribution in [2.45, 2.75) is 19.4 Å². The summed E-state index contributed by atoms with van der Waals surface area (Å²) in [4.78, 5) is 15.8. The topological polar surface area (TPSA) is 35.6 Å². The van der Waals surface area contributed by atoms with Gasteiger partial charge in [-0.1, -0.05) is 12.1 Å². The van der Waals surface area contributed by atoms with Crippen LogP contribution in [-0.4, -0.2) is 37.1 Å². The van der Waals surface area contributed by atoms with Crippen LogP contribution in [0, 0.1) is 0 Å². The predicted molar refractivity (Wildman–Crippen MR) is 71.7 cm³/mol. The summed E-state index contributed by atoms with van der Waals surface area (Å²) in [6.07, 6.45) is 2.65. The average Bonchev–Trinajstić information content (AvgIpc) is 3.02. The SMILES string of the molecule is O=C1NCCN1c1ccc(CN2CCCC2)cc1. The van der Waals surface area contributed by atoms with Crippen LogP contribution in [0.2, 0.25) is 0 Å². The highest BCUT2D eigenvalue weighted by atomic mass is 16.2.